The molecular formula is C19H26N4O3S. The predicted molar refractivity (Wildman–Crippen MR) is 103 cm³/mol. The summed E-state index contributed by atoms with van der Waals surface area (Å²) in [7, 11) is -2.15. The maximum absolute atomic E-state index is 12.9. The normalized spacial score (nSPS) is 15.6. The molecule has 0 radical (unpaired) electrons. The summed E-state index contributed by atoms with van der Waals surface area (Å²) < 4.78 is 28.7. The van der Waals surface area contributed by atoms with E-state index in [1.165, 1.54) is 20.7 Å². The molecule has 1 fully saturated rings. The molecule has 146 valence electrons. The van der Waals surface area contributed by atoms with Gasteiger partial charge >= 0.3 is 0 Å². The van der Waals surface area contributed by atoms with Gasteiger partial charge in [-0.25, -0.2) is 8.42 Å². The van der Waals surface area contributed by atoms with Gasteiger partial charge in [-0.1, -0.05) is 37.6 Å². The van der Waals surface area contributed by atoms with Crippen molar-refractivity contribution in [2.75, 3.05) is 13.1 Å². The minimum atomic E-state index is -3.77. The molecule has 1 aliphatic rings. The number of carbonyl (C=O) groups is 1. The van der Waals surface area contributed by atoms with Gasteiger partial charge < -0.3 is 5.32 Å². The Kier molecular flexibility index (Phi) is 5.96. The molecule has 7 nitrogen and oxygen atoms in total. The topological polar surface area (TPSA) is 84.3 Å². The number of hydrogen-bond acceptors (Lipinski definition) is 4. The fourth-order valence-electron chi connectivity index (χ4n) is 3.21. The number of rotatable bonds is 6. The van der Waals surface area contributed by atoms with Gasteiger partial charge in [-0.3, -0.25) is 9.48 Å². The Labute approximate surface area is 160 Å². The first-order valence-corrected chi connectivity index (χ1v) is 10.8. The Hall–Kier alpha value is -2.19. The molecule has 0 bridgehead atoms. The van der Waals surface area contributed by atoms with Gasteiger partial charge in [-0.05, 0) is 30.4 Å². The average Bonchev–Trinajstić information content (AvgIpc) is 3.10. The second-order valence-corrected chi connectivity index (χ2v) is 8.69. The van der Waals surface area contributed by atoms with Gasteiger partial charge in [0.25, 0.3) is 15.9 Å². The van der Waals surface area contributed by atoms with Crippen LogP contribution in [0.15, 0.2) is 35.5 Å². The Bertz CT molecular complexity index is 898. The van der Waals surface area contributed by atoms with Crippen molar-refractivity contribution in [3.63, 3.8) is 0 Å². The fourth-order valence-corrected chi connectivity index (χ4v) is 4.85. The largest absolute Gasteiger partial charge is 0.348 e. The van der Waals surface area contributed by atoms with Crippen molar-refractivity contribution < 1.29 is 13.2 Å². The minimum Gasteiger partial charge on any atom is -0.348 e. The Balaban J connectivity index is 1.76. The number of carbonyl (C=O) groups excluding carboxylic acids is 1. The van der Waals surface area contributed by atoms with Crippen molar-refractivity contribution in [3.05, 3.63) is 47.2 Å². The van der Waals surface area contributed by atoms with Crippen molar-refractivity contribution >= 4 is 15.9 Å². The molecule has 2 heterocycles. The molecule has 0 unspecified atom stereocenters. The van der Waals surface area contributed by atoms with Crippen LogP contribution in [0.5, 0.6) is 0 Å². The van der Waals surface area contributed by atoms with E-state index in [1.54, 1.807) is 7.05 Å². The number of piperidine rings is 1. The highest BCUT2D eigenvalue weighted by molar-refractivity contribution is 7.89. The lowest BCUT2D eigenvalue weighted by Crippen LogP contribution is -2.37. The highest BCUT2D eigenvalue weighted by atomic mass is 32.2. The fraction of sp³-hybridized carbons (Fsp3) is 0.474. The molecule has 27 heavy (non-hydrogen) atoms. The van der Waals surface area contributed by atoms with Crippen molar-refractivity contribution in [1.29, 1.82) is 0 Å². The SMILES string of the molecule is CCc1ccc(CNC(=O)c2cn(C)nc2S(=O)(=O)N2CCCCC2)cc1. The molecule has 1 N–H and O–H groups in total. The van der Waals surface area contributed by atoms with Crippen molar-refractivity contribution in [2.45, 2.75) is 44.2 Å². The average molecular weight is 391 g/mol. The highest BCUT2D eigenvalue weighted by Gasteiger charge is 2.33. The van der Waals surface area contributed by atoms with Crippen molar-refractivity contribution in [3.8, 4) is 0 Å². The number of benzene rings is 1. The van der Waals surface area contributed by atoms with E-state index in [-0.39, 0.29) is 10.6 Å². The smallest absolute Gasteiger partial charge is 0.263 e. The second kappa shape index (κ2) is 8.22. The van der Waals surface area contributed by atoms with E-state index in [2.05, 4.69) is 17.3 Å². The molecule has 0 saturated carbocycles. The van der Waals surface area contributed by atoms with Gasteiger partial charge in [0.2, 0.25) is 5.03 Å². The predicted octanol–water partition coefficient (Wildman–Crippen LogP) is 2.09. The third-order valence-electron chi connectivity index (χ3n) is 4.82. The van der Waals surface area contributed by atoms with Gasteiger partial charge in [-0.15, -0.1) is 0 Å². The van der Waals surface area contributed by atoms with Gasteiger partial charge in [0.05, 0.1) is 5.56 Å². The van der Waals surface area contributed by atoms with Gasteiger partial charge in [0.15, 0.2) is 0 Å². The third kappa shape index (κ3) is 4.39. The molecule has 1 aromatic carbocycles. The van der Waals surface area contributed by atoms with E-state index in [4.69, 9.17) is 0 Å². The van der Waals surface area contributed by atoms with Crippen LogP contribution in [0, 0.1) is 0 Å². The minimum absolute atomic E-state index is 0.0910. The number of nitrogens with zero attached hydrogens (tertiary/aromatic N) is 3. The number of aryl methyl sites for hydroxylation is 2. The first-order valence-electron chi connectivity index (χ1n) is 9.31. The molecule has 1 aromatic heterocycles. The van der Waals surface area contributed by atoms with Crippen LogP contribution in [-0.4, -0.2) is 41.5 Å². The standard InChI is InChI=1S/C19H26N4O3S/c1-3-15-7-9-16(10-8-15)13-20-18(24)17-14-22(2)21-19(17)27(25,26)23-11-5-4-6-12-23/h7-10,14H,3-6,11-13H2,1-2H3,(H,20,24). The molecular weight excluding hydrogens is 364 g/mol. The lowest BCUT2D eigenvalue weighted by Gasteiger charge is -2.25. The maximum Gasteiger partial charge on any atom is 0.263 e. The van der Waals surface area contributed by atoms with E-state index in [9.17, 15) is 13.2 Å². The summed E-state index contributed by atoms with van der Waals surface area (Å²) in [6, 6.07) is 7.98. The van der Waals surface area contributed by atoms with Crippen LogP contribution in [-0.2, 0) is 30.0 Å². The molecule has 3 rings (SSSR count). The first-order chi connectivity index (χ1) is 12.9. The van der Waals surface area contributed by atoms with Crippen LogP contribution in [0.2, 0.25) is 0 Å². The molecule has 1 saturated heterocycles. The van der Waals surface area contributed by atoms with E-state index >= 15 is 0 Å². The Morgan fingerprint density at radius 3 is 2.37 bits per heavy atom. The monoisotopic (exact) mass is 390 g/mol. The van der Waals surface area contributed by atoms with Crippen LogP contribution < -0.4 is 5.32 Å². The second-order valence-electron chi connectivity index (χ2n) is 6.84. The number of aromatic nitrogens is 2. The molecule has 1 amide bonds. The summed E-state index contributed by atoms with van der Waals surface area (Å²) in [5.41, 5.74) is 2.28. The quantitative estimate of drug-likeness (QED) is 0.818. The number of hydrogen-bond donors (Lipinski definition) is 1. The van der Waals surface area contributed by atoms with E-state index < -0.39 is 15.9 Å². The van der Waals surface area contributed by atoms with Crippen LogP contribution in [0.1, 0.15) is 47.7 Å². The Morgan fingerprint density at radius 2 is 1.74 bits per heavy atom. The summed E-state index contributed by atoms with van der Waals surface area (Å²) in [5.74, 6) is -0.432. The summed E-state index contributed by atoms with van der Waals surface area (Å²) in [6.07, 6.45) is 5.12. The zero-order chi connectivity index (χ0) is 19.4. The lowest BCUT2D eigenvalue weighted by atomic mass is 10.1. The molecule has 2 aromatic rings. The van der Waals surface area contributed by atoms with Crippen LogP contribution in [0.4, 0.5) is 0 Å². The molecule has 0 spiro atoms. The number of nitrogens with one attached hydrogen (secondary N) is 1. The van der Waals surface area contributed by atoms with Crippen LogP contribution >= 0.6 is 0 Å². The van der Waals surface area contributed by atoms with E-state index in [0.29, 0.717) is 19.6 Å². The van der Waals surface area contributed by atoms with Crippen molar-refractivity contribution in [1.82, 2.24) is 19.4 Å². The summed E-state index contributed by atoms with van der Waals surface area (Å²) in [5, 5.41) is 6.73. The zero-order valence-electron chi connectivity index (χ0n) is 15.8. The maximum atomic E-state index is 12.9. The Morgan fingerprint density at radius 1 is 1.11 bits per heavy atom. The van der Waals surface area contributed by atoms with Crippen LogP contribution in [0.3, 0.4) is 0 Å². The molecule has 0 atom stereocenters. The number of sulfonamides is 1. The van der Waals surface area contributed by atoms with Gasteiger partial charge in [0, 0.05) is 32.9 Å². The summed E-state index contributed by atoms with van der Waals surface area (Å²) in [4.78, 5) is 12.7. The number of amides is 1. The van der Waals surface area contributed by atoms with E-state index in [1.807, 2.05) is 24.3 Å². The van der Waals surface area contributed by atoms with Crippen LogP contribution in [0.25, 0.3) is 0 Å². The highest BCUT2D eigenvalue weighted by Crippen LogP contribution is 2.22. The summed E-state index contributed by atoms with van der Waals surface area (Å²) in [6.45, 7) is 3.37. The lowest BCUT2D eigenvalue weighted by molar-refractivity contribution is 0.0947. The molecule has 1 aliphatic heterocycles. The molecule has 0 aliphatic carbocycles. The summed E-state index contributed by atoms with van der Waals surface area (Å²) >= 11 is 0. The first kappa shape index (κ1) is 19.6. The van der Waals surface area contributed by atoms with Gasteiger partial charge in [-0.2, -0.15) is 9.40 Å². The third-order valence-corrected chi connectivity index (χ3v) is 6.66. The van der Waals surface area contributed by atoms with E-state index in [0.717, 1.165) is 31.2 Å². The zero-order valence-corrected chi connectivity index (χ0v) is 16.6. The van der Waals surface area contributed by atoms with Crippen molar-refractivity contribution in [2.24, 2.45) is 7.05 Å². The van der Waals surface area contributed by atoms with Gasteiger partial charge in [0.1, 0.15) is 0 Å². The molecule has 8 heteroatoms.